The summed E-state index contributed by atoms with van der Waals surface area (Å²) in [6.07, 6.45) is -0.427. The van der Waals surface area contributed by atoms with Gasteiger partial charge < -0.3 is 10.5 Å². The Kier molecular flexibility index (Phi) is 4.63. The number of hydrogen-bond acceptors (Lipinski definition) is 2. The standard InChI is InChI=1S/C16H17ClFNO/c1-10-6-3-4-7-12(10)16(11(2)19)20-14-9-5-8-13(17)15(14)18/h3-9,11,16H,19H2,1-2H3. The van der Waals surface area contributed by atoms with Gasteiger partial charge in [-0.2, -0.15) is 0 Å². The third-order valence-electron chi connectivity index (χ3n) is 3.14. The van der Waals surface area contributed by atoms with Gasteiger partial charge in [-0.1, -0.05) is 41.9 Å². The highest BCUT2D eigenvalue weighted by Crippen LogP contribution is 2.30. The fourth-order valence-corrected chi connectivity index (χ4v) is 2.24. The van der Waals surface area contributed by atoms with Crippen LogP contribution < -0.4 is 10.5 Å². The predicted molar refractivity (Wildman–Crippen MR) is 79.6 cm³/mol. The van der Waals surface area contributed by atoms with Gasteiger partial charge in [0.25, 0.3) is 0 Å². The molecule has 4 heteroatoms. The summed E-state index contributed by atoms with van der Waals surface area (Å²) in [5.41, 5.74) is 7.99. The maximum absolute atomic E-state index is 13.9. The van der Waals surface area contributed by atoms with E-state index in [0.29, 0.717) is 0 Å². The first-order valence-electron chi connectivity index (χ1n) is 6.42. The molecular weight excluding hydrogens is 277 g/mol. The molecular formula is C16H17ClFNO. The van der Waals surface area contributed by atoms with Gasteiger partial charge in [-0.3, -0.25) is 0 Å². The SMILES string of the molecule is Cc1ccccc1C(Oc1cccc(Cl)c1F)C(C)N. The van der Waals surface area contributed by atoms with Gasteiger partial charge >= 0.3 is 0 Å². The van der Waals surface area contributed by atoms with Crippen molar-refractivity contribution in [3.8, 4) is 5.75 Å². The zero-order chi connectivity index (χ0) is 14.7. The van der Waals surface area contributed by atoms with Crippen LogP contribution in [0.5, 0.6) is 5.75 Å². The van der Waals surface area contributed by atoms with Gasteiger partial charge in [-0.15, -0.1) is 0 Å². The van der Waals surface area contributed by atoms with Gasteiger partial charge in [-0.05, 0) is 37.1 Å². The Hall–Kier alpha value is -1.58. The Bertz CT molecular complexity index is 601. The Morgan fingerprint density at radius 3 is 2.50 bits per heavy atom. The van der Waals surface area contributed by atoms with Crippen LogP contribution in [0.4, 0.5) is 4.39 Å². The van der Waals surface area contributed by atoms with E-state index in [2.05, 4.69) is 0 Å². The van der Waals surface area contributed by atoms with E-state index in [9.17, 15) is 4.39 Å². The molecule has 0 aliphatic rings. The zero-order valence-corrected chi connectivity index (χ0v) is 12.2. The molecule has 20 heavy (non-hydrogen) atoms. The molecule has 0 saturated carbocycles. The van der Waals surface area contributed by atoms with Crippen LogP contribution >= 0.6 is 11.6 Å². The Labute approximate surface area is 123 Å². The highest BCUT2D eigenvalue weighted by atomic mass is 35.5. The summed E-state index contributed by atoms with van der Waals surface area (Å²) in [5, 5.41) is 0.0377. The first-order chi connectivity index (χ1) is 9.50. The molecule has 0 spiro atoms. The van der Waals surface area contributed by atoms with Gasteiger partial charge in [0.2, 0.25) is 0 Å². The summed E-state index contributed by atoms with van der Waals surface area (Å²) in [7, 11) is 0. The van der Waals surface area contributed by atoms with Crippen molar-refractivity contribution in [1.82, 2.24) is 0 Å². The maximum atomic E-state index is 13.9. The van der Waals surface area contributed by atoms with Crippen LogP contribution in [0.15, 0.2) is 42.5 Å². The van der Waals surface area contributed by atoms with Gasteiger partial charge in [0.05, 0.1) is 5.02 Å². The number of nitrogens with two attached hydrogens (primary N) is 1. The van der Waals surface area contributed by atoms with E-state index in [-0.39, 0.29) is 16.8 Å². The molecule has 0 saturated heterocycles. The lowest BCUT2D eigenvalue weighted by atomic mass is 9.99. The smallest absolute Gasteiger partial charge is 0.183 e. The Balaban J connectivity index is 2.36. The van der Waals surface area contributed by atoms with Crippen LogP contribution in [-0.4, -0.2) is 6.04 Å². The number of aryl methyl sites for hydroxylation is 1. The molecule has 0 radical (unpaired) electrons. The van der Waals surface area contributed by atoms with Crippen LogP contribution in [-0.2, 0) is 0 Å². The molecule has 2 aromatic carbocycles. The lowest BCUT2D eigenvalue weighted by Gasteiger charge is -2.24. The number of benzene rings is 2. The van der Waals surface area contributed by atoms with Crippen LogP contribution in [0.2, 0.25) is 5.02 Å². The van der Waals surface area contributed by atoms with Crippen LogP contribution in [0, 0.1) is 12.7 Å². The summed E-state index contributed by atoms with van der Waals surface area (Å²) in [6, 6.07) is 12.2. The van der Waals surface area contributed by atoms with Crippen molar-refractivity contribution in [1.29, 1.82) is 0 Å². The molecule has 2 N–H and O–H groups in total. The molecule has 2 nitrogen and oxygen atoms in total. The van der Waals surface area contributed by atoms with E-state index in [1.807, 2.05) is 38.1 Å². The number of hydrogen-bond donors (Lipinski definition) is 1. The van der Waals surface area contributed by atoms with Crippen LogP contribution in [0.3, 0.4) is 0 Å². The average Bonchev–Trinajstić information content (AvgIpc) is 2.41. The summed E-state index contributed by atoms with van der Waals surface area (Å²) < 4.78 is 19.7. The van der Waals surface area contributed by atoms with Crippen molar-refractivity contribution in [3.63, 3.8) is 0 Å². The van der Waals surface area contributed by atoms with Gasteiger partial charge in [-0.25, -0.2) is 4.39 Å². The number of rotatable bonds is 4. The number of ether oxygens (including phenoxy) is 1. The average molecular weight is 294 g/mol. The third kappa shape index (κ3) is 3.11. The fourth-order valence-electron chi connectivity index (χ4n) is 2.07. The minimum absolute atomic E-state index is 0.0377. The van der Waals surface area contributed by atoms with Crippen molar-refractivity contribution in [2.75, 3.05) is 0 Å². The minimum Gasteiger partial charge on any atom is -0.481 e. The van der Waals surface area contributed by atoms with Gasteiger partial charge in [0.15, 0.2) is 11.6 Å². The monoisotopic (exact) mass is 293 g/mol. The van der Waals surface area contributed by atoms with Gasteiger partial charge in [0.1, 0.15) is 6.10 Å². The Morgan fingerprint density at radius 2 is 1.85 bits per heavy atom. The lowest BCUT2D eigenvalue weighted by Crippen LogP contribution is -2.29. The largest absolute Gasteiger partial charge is 0.481 e. The molecule has 0 amide bonds. The number of halogens is 2. The third-order valence-corrected chi connectivity index (χ3v) is 3.43. The molecule has 0 bridgehead atoms. The van der Waals surface area contributed by atoms with E-state index in [0.717, 1.165) is 11.1 Å². The fraction of sp³-hybridized carbons (Fsp3) is 0.250. The van der Waals surface area contributed by atoms with Crippen LogP contribution in [0.1, 0.15) is 24.2 Å². The predicted octanol–water partition coefficient (Wildman–Crippen LogP) is 4.25. The highest BCUT2D eigenvalue weighted by Gasteiger charge is 2.21. The molecule has 0 fully saturated rings. The summed E-state index contributed by atoms with van der Waals surface area (Å²) in [6.45, 7) is 3.81. The van der Waals surface area contributed by atoms with E-state index in [1.165, 1.54) is 6.07 Å². The van der Waals surface area contributed by atoms with Gasteiger partial charge in [0, 0.05) is 6.04 Å². The van der Waals surface area contributed by atoms with E-state index in [1.54, 1.807) is 12.1 Å². The van der Waals surface area contributed by atoms with Crippen molar-refractivity contribution in [3.05, 3.63) is 64.4 Å². The molecule has 2 rings (SSSR count). The topological polar surface area (TPSA) is 35.2 Å². The maximum Gasteiger partial charge on any atom is 0.183 e. The highest BCUT2D eigenvalue weighted by molar-refractivity contribution is 6.30. The second-order valence-corrected chi connectivity index (χ2v) is 5.21. The van der Waals surface area contributed by atoms with Crippen molar-refractivity contribution >= 4 is 11.6 Å². The molecule has 0 aliphatic heterocycles. The molecule has 0 heterocycles. The summed E-state index contributed by atoms with van der Waals surface area (Å²) in [4.78, 5) is 0. The molecule has 0 aliphatic carbocycles. The van der Waals surface area contributed by atoms with Crippen molar-refractivity contribution in [2.24, 2.45) is 5.73 Å². The normalized spacial score (nSPS) is 13.8. The quantitative estimate of drug-likeness (QED) is 0.914. The first kappa shape index (κ1) is 14.8. The lowest BCUT2D eigenvalue weighted by molar-refractivity contribution is 0.172. The second-order valence-electron chi connectivity index (χ2n) is 4.81. The molecule has 2 aromatic rings. The molecule has 2 atom stereocenters. The van der Waals surface area contributed by atoms with Crippen LogP contribution in [0.25, 0.3) is 0 Å². The summed E-state index contributed by atoms with van der Waals surface area (Å²) >= 11 is 5.77. The minimum atomic E-state index is -0.562. The van der Waals surface area contributed by atoms with E-state index >= 15 is 0 Å². The molecule has 0 aromatic heterocycles. The zero-order valence-electron chi connectivity index (χ0n) is 11.4. The second kappa shape index (κ2) is 6.25. The first-order valence-corrected chi connectivity index (χ1v) is 6.80. The molecule has 2 unspecified atom stereocenters. The van der Waals surface area contributed by atoms with Crippen molar-refractivity contribution < 1.29 is 9.13 Å². The Morgan fingerprint density at radius 1 is 1.15 bits per heavy atom. The summed E-state index contributed by atoms with van der Waals surface area (Å²) in [5.74, 6) is -0.448. The van der Waals surface area contributed by atoms with Crippen molar-refractivity contribution in [2.45, 2.75) is 26.0 Å². The van der Waals surface area contributed by atoms with E-state index in [4.69, 9.17) is 22.1 Å². The molecule has 106 valence electrons. The van der Waals surface area contributed by atoms with E-state index < -0.39 is 11.9 Å².